The highest BCUT2D eigenvalue weighted by molar-refractivity contribution is 5.80. The monoisotopic (exact) mass is 383 g/mol. The molecule has 1 fully saturated rings. The Bertz CT molecular complexity index is 528. The van der Waals surface area contributed by atoms with Gasteiger partial charge in [0, 0.05) is 39.1 Å². The van der Waals surface area contributed by atoms with Gasteiger partial charge in [0.2, 0.25) is 5.91 Å². The molecule has 0 aliphatic carbocycles. The highest BCUT2D eigenvalue weighted by Gasteiger charge is 2.26. The molecular weight excluding hydrogens is 346 g/mol. The average Bonchev–Trinajstić information content (AvgIpc) is 3.03. The third-order valence-electron chi connectivity index (χ3n) is 4.40. The molecule has 2 atom stereocenters. The molecule has 8 heteroatoms. The first-order chi connectivity index (χ1) is 12.6. The van der Waals surface area contributed by atoms with Gasteiger partial charge in [-0.05, 0) is 33.1 Å². The van der Waals surface area contributed by atoms with Gasteiger partial charge in [-0.1, -0.05) is 20.8 Å². The fraction of sp³-hybridized carbons (Fsp3) is 0.842. The number of rotatable bonds is 6. The number of carbonyl (C=O) groups excluding carboxylic acids is 2. The number of nitrogens with zero attached hydrogens (tertiary/aromatic N) is 2. The Morgan fingerprint density at radius 3 is 2.48 bits per heavy atom. The van der Waals surface area contributed by atoms with Crippen LogP contribution in [0.25, 0.3) is 0 Å². The molecule has 27 heavy (non-hydrogen) atoms. The van der Waals surface area contributed by atoms with Crippen LogP contribution in [0, 0.1) is 5.92 Å². The quantitative estimate of drug-likeness (QED) is 0.479. The normalized spacial score (nSPS) is 19.0. The summed E-state index contributed by atoms with van der Waals surface area (Å²) >= 11 is 0. The summed E-state index contributed by atoms with van der Waals surface area (Å²) in [4.78, 5) is 30.0. The predicted molar refractivity (Wildman–Crippen MR) is 108 cm³/mol. The lowest BCUT2D eigenvalue weighted by Gasteiger charge is -2.27. The SMILES string of the molecule is CCC(=O)N1CCC(NC(=NC)NCC(NC(=O)OC(C)(C)C)C(C)C)C1. The van der Waals surface area contributed by atoms with Crippen LogP contribution >= 0.6 is 0 Å². The molecule has 0 aromatic rings. The van der Waals surface area contributed by atoms with Crippen LogP contribution in [0.3, 0.4) is 0 Å². The number of likely N-dealkylation sites (tertiary alicyclic amines) is 1. The number of nitrogens with one attached hydrogen (secondary N) is 3. The molecule has 3 N–H and O–H groups in total. The molecule has 1 rings (SSSR count). The smallest absolute Gasteiger partial charge is 0.407 e. The molecular formula is C19H37N5O3. The molecule has 0 spiro atoms. The third kappa shape index (κ3) is 8.49. The second kappa shape index (κ2) is 10.4. The van der Waals surface area contributed by atoms with Gasteiger partial charge in [-0.2, -0.15) is 0 Å². The van der Waals surface area contributed by atoms with Gasteiger partial charge in [-0.25, -0.2) is 4.79 Å². The summed E-state index contributed by atoms with van der Waals surface area (Å²) in [6.45, 7) is 13.5. The minimum absolute atomic E-state index is 0.0971. The lowest BCUT2D eigenvalue weighted by atomic mass is 10.0. The van der Waals surface area contributed by atoms with Crippen molar-refractivity contribution in [2.24, 2.45) is 10.9 Å². The number of amides is 2. The zero-order valence-corrected chi connectivity index (χ0v) is 17.9. The van der Waals surface area contributed by atoms with Crippen molar-refractivity contribution in [1.29, 1.82) is 0 Å². The van der Waals surface area contributed by atoms with Gasteiger partial charge in [0.1, 0.15) is 5.60 Å². The lowest BCUT2D eigenvalue weighted by Crippen LogP contribution is -2.52. The number of ether oxygens (including phenoxy) is 1. The minimum atomic E-state index is -0.527. The number of hydrogen-bond donors (Lipinski definition) is 3. The van der Waals surface area contributed by atoms with Gasteiger partial charge in [0.15, 0.2) is 5.96 Å². The molecule has 2 amide bonds. The average molecular weight is 384 g/mol. The summed E-state index contributed by atoms with van der Waals surface area (Å²) in [5, 5.41) is 9.55. The topological polar surface area (TPSA) is 95.1 Å². The van der Waals surface area contributed by atoms with Crippen molar-refractivity contribution in [2.45, 2.75) is 72.1 Å². The first-order valence-corrected chi connectivity index (χ1v) is 9.80. The van der Waals surface area contributed by atoms with Gasteiger partial charge in [0.05, 0.1) is 6.04 Å². The standard InChI is InChI=1S/C19H37N5O3/c1-8-16(25)24-10-9-14(12-24)22-17(20-7)21-11-15(13(2)3)23-18(26)27-19(4,5)6/h13-15H,8-12H2,1-7H3,(H,23,26)(H2,20,21,22). The summed E-state index contributed by atoms with van der Waals surface area (Å²) in [5.74, 6) is 1.08. The van der Waals surface area contributed by atoms with E-state index in [1.54, 1.807) is 7.05 Å². The molecule has 8 nitrogen and oxygen atoms in total. The van der Waals surface area contributed by atoms with Crippen LogP contribution in [0.2, 0.25) is 0 Å². The number of alkyl carbamates (subject to hydrolysis) is 1. The number of guanidine groups is 1. The van der Waals surface area contributed by atoms with Crippen LogP contribution in [0.4, 0.5) is 4.79 Å². The Hall–Kier alpha value is -1.99. The summed E-state index contributed by atoms with van der Waals surface area (Å²) in [6.07, 6.45) is 1.01. The van der Waals surface area contributed by atoms with E-state index < -0.39 is 11.7 Å². The molecule has 1 heterocycles. The van der Waals surface area contributed by atoms with Gasteiger partial charge in [-0.3, -0.25) is 9.79 Å². The van der Waals surface area contributed by atoms with Crippen molar-refractivity contribution in [2.75, 3.05) is 26.7 Å². The maximum Gasteiger partial charge on any atom is 0.407 e. The fourth-order valence-electron chi connectivity index (χ4n) is 2.84. The molecule has 0 aromatic heterocycles. The highest BCUT2D eigenvalue weighted by atomic mass is 16.6. The van der Waals surface area contributed by atoms with Crippen LogP contribution < -0.4 is 16.0 Å². The van der Waals surface area contributed by atoms with E-state index in [0.717, 1.165) is 13.0 Å². The van der Waals surface area contributed by atoms with Crippen LogP contribution in [0.1, 0.15) is 54.4 Å². The van der Waals surface area contributed by atoms with Gasteiger partial charge < -0.3 is 25.6 Å². The van der Waals surface area contributed by atoms with Crippen molar-refractivity contribution in [3.8, 4) is 0 Å². The van der Waals surface area contributed by atoms with Crippen LogP contribution in [-0.2, 0) is 9.53 Å². The summed E-state index contributed by atoms with van der Waals surface area (Å²) in [6, 6.07) is 0.0863. The Kier molecular flexibility index (Phi) is 8.85. The van der Waals surface area contributed by atoms with Gasteiger partial charge in [0.25, 0.3) is 0 Å². The second-order valence-corrected chi connectivity index (χ2v) is 8.27. The van der Waals surface area contributed by atoms with Gasteiger partial charge in [-0.15, -0.1) is 0 Å². The Labute approximate surface area is 163 Å². The molecule has 1 saturated heterocycles. The van der Waals surface area contributed by atoms with Crippen LogP contribution in [0.15, 0.2) is 4.99 Å². The number of carbonyl (C=O) groups is 2. The molecule has 156 valence electrons. The second-order valence-electron chi connectivity index (χ2n) is 8.27. The number of aliphatic imine (C=N–C) groups is 1. The number of hydrogen-bond acceptors (Lipinski definition) is 4. The van der Waals surface area contributed by atoms with E-state index in [0.29, 0.717) is 25.5 Å². The molecule has 0 bridgehead atoms. The third-order valence-corrected chi connectivity index (χ3v) is 4.40. The highest BCUT2D eigenvalue weighted by Crippen LogP contribution is 2.11. The van der Waals surface area contributed by atoms with E-state index in [2.05, 4.69) is 20.9 Å². The first kappa shape index (κ1) is 23.0. The molecule has 1 aliphatic heterocycles. The summed E-state index contributed by atoms with van der Waals surface area (Å²) in [7, 11) is 1.71. The Morgan fingerprint density at radius 1 is 1.30 bits per heavy atom. The maximum absolute atomic E-state index is 12.1. The summed E-state index contributed by atoms with van der Waals surface area (Å²) in [5.41, 5.74) is -0.527. The van der Waals surface area contributed by atoms with Crippen molar-refractivity contribution in [1.82, 2.24) is 20.9 Å². The van der Waals surface area contributed by atoms with E-state index in [9.17, 15) is 9.59 Å². The van der Waals surface area contributed by atoms with E-state index in [4.69, 9.17) is 4.74 Å². The van der Waals surface area contributed by atoms with E-state index >= 15 is 0 Å². The zero-order valence-electron chi connectivity index (χ0n) is 17.9. The zero-order chi connectivity index (χ0) is 20.6. The lowest BCUT2D eigenvalue weighted by molar-refractivity contribution is -0.129. The first-order valence-electron chi connectivity index (χ1n) is 9.80. The van der Waals surface area contributed by atoms with Crippen molar-refractivity contribution >= 4 is 18.0 Å². The Morgan fingerprint density at radius 2 is 1.96 bits per heavy atom. The van der Waals surface area contributed by atoms with Crippen LogP contribution in [-0.4, -0.2) is 67.2 Å². The largest absolute Gasteiger partial charge is 0.444 e. The minimum Gasteiger partial charge on any atom is -0.444 e. The van der Waals surface area contributed by atoms with Crippen molar-refractivity contribution in [3.05, 3.63) is 0 Å². The van der Waals surface area contributed by atoms with E-state index in [1.165, 1.54) is 0 Å². The van der Waals surface area contributed by atoms with E-state index in [-0.39, 0.29) is 23.9 Å². The van der Waals surface area contributed by atoms with E-state index in [1.807, 2.05) is 46.4 Å². The van der Waals surface area contributed by atoms with Crippen molar-refractivity contribution in [3.63, 3.8) is 0 Å². The maximum atomic E-state index is 12.1. The van der Waals surface area contributed by atoms with Gasteiger partial charge >= 0.3 is 6.09 Å². The summed E-state index contributed by atoms with van der Waals surface area (Å²) < 4.78 is 5.34. The molecule has 0 saturated carbocycles. The van der Waals surface area contributed by atoms with Crippen LogP contribution in [0.5, 0.6) is 0 Å². The molecule has 0 aromatic carbocycles. The predicted octanol–water partition coefficient (Wildman–Crippen LogP) is 1.71. The molecule has 0 radical (unpaired) electrons. The molecule has 2 unspecified atom stereocenters. The Balaban J connectivity index is 2.51. The fourth-order valence-corrected chi connectivity index (χ4v) is 2.84. The van der Waals surface area contributed by atoms with Crippen molar-refractivity contribution < 1.29 is 14.3 Å². The molecule has 1 aliphatic rings.